The van der Waals surface area contributed by atoms with Crippen molar-refractivity contribution in [1.82, 2.24) is 9.97 Å². The zero-order valence-electron chi connectivity index (χ0n) is 12.0. The number of aryl methyl sites for hydroxylation is 1. The van der Waals surface area contributed by atoms with E-state index >= 15 is 0 Å². The fourth-order valence-electron chi connectivity index (χ4n) is 2.44. The van der Waals surface area contributed by atoms with E-state index in [9.17, 15) is 4.79 Å². The molecule has 5 heteroatoms. The summed E-state index contributed by atoms with van der Waals surface area (Å²) in [5.41, 5.74) is 2.59. The molecule has 0 aliphatic carbocycles. The van der Waals surface area contributed by atoms with E-state index in [1.165, 1.54) is 0 Å². The maximum absolute atomic E-state index is 11.8. The normalized spacial score (nSPS) is 15.6. The van der Waals surface area contributed by atoms with E-state index in [1.54, 1.807) is 13.1 Å². The minimum Gasteiger partial charge on any atom is -0.484 e. The van der Waals surface area contributed by atoms with Crippen LogP contribution in [0.1, 0.15) is 30.8 Å². The van der Waals surface area contributed by atoms with Crippen LogP contribution in [0, 0.1) is 6.92 Å². The highest BCUT2D eigenvalue weighted by Gasteiger charge is 2.29. The highest BCUT2D eigenvalue weighted by atomic mass is 16.5. The second-order valence-electron chi connectivity index (χ2n) is 4.83. The van der Waals surface area contributed by atoms with Gasteiger partial charge in [0.2, 0.25) is 0 Å². The Kier molecular flexibility index (Phi) is 3.56. The predicted molar refractivity (Wildman–Crippen MR) is 76.8 cm³/mol. The third-order valence-electron chi connectivity index (χ3n) is 3.35. The first-order valence-electron chi connectivity index (χ1n) is 6.94. The van der Waals surface area contributed by atoms with E-state index in [2.05, 4.69) is 9.97 Å². The van der Waals surface area contributed by atoms with E-state index in [0.29, 0.717) is 12.4 Å². The van der Waals surface area contributed by atoms with E-state index in [1.807, 2.05) is 31.2 Å². The molecule has 1 aliphatic rings. The van der Waals surface area contributed by atoms with E-state index in [0.717, 1.165) is 22.6 Å². The van der Waals surface area contributed by atoms with E-state index in [4.69, 9.17) is 9.47 Å². The Morgan fingerprint density at radius 2 is 2.19 bits per heavy atom. The Hall–Kier alpha value is -2.43. The highest BCUT2D eigenvalue weighted by Crippen LogP contribution is 2.41. The van der Waals surface area contributed by atoms with Crippen LogP contribution < -0.4 is 4.74 Å². The summed E-state index contributed by atoms with van der Waals surface area (Å²) in [6.45, 7) is 3.99. The van der Waals surface area contributed by atoms with Crippen LogP contribution in [0.25, 0.3) is 11.3 Å². The molecule has 5 nitrogen and oxygen atoms in total. The topological polar surface area (TPSA) is 61.3 Å². The first kappa shape index (κ1) is 13.5. The molecule has 1 aromatic carbocycles. The molecule has 1 atom stereocenters. The predicted octanol–water partition coefficient (Wildman–Crippen LogP) is 2.84. The van der Waals surface area contributed by atoms with Crippen molar-refractivity contribution in [3.05, 3.63) is 41.9 Å². The summed E-state index contributed by atoms with van der Waals surface area (Å²) >= 11 is 0. The largest absolute Gasteiger partial charge is 0.484 e. The first-order chi connectivity index (χ1) is 10.2. The van der Waals surface area contributed by atoms with Gasteiger partial charge in [0, 0.05) is 17.3 Å². The Morgan fingerprint density at radius 1 is 1.38 bits per heavy atom. The van der Waals surface area contributed by atoms with Crippen molar-refractivity contribution >= 4 is 5.97 Å². The molecule has 2 heterocycles. The minimum absolute atomic E-state index is 0.154. The number of aromatic nitrogens is 2. The number of rotatable bonds is 3. The molecular weight excluding hydrogens is 268 g/mol. The number of ether oxygens (including phenoxy) is 2. The number of carbonyl (C=O) groups is 1. The van der Waals surface area contributed by atoms with Crippen molar-refractivity contribution in [3.63, 3.8) is 0 Å². The molecule has 21 heavy (non-hydrogen) atoms. The Morgan fingerprint density at radius 3 is 3.00 bits per heavy atom. The molecule has 0 saturated heterocycles. The number of para-hydroxylation sites is 1. The summed E-state index contributed by atoms with van der Waals surface area (Å²) in [6.07, 6.45) is 1.48. The fraction of sp³-hybridized carbons (Fsp3) is 0.312. The van der Waals surface area contributed by atoms with Crippen LogP contribution in [0.15, 0.2) is 30.5 Å². The van der Waals surface area contributed by atoms with Gasteiger partial charge in [0.15, 0.2) is 0 Å². The summed E-state index contributed by atoms with van der Waals surface area (Å²) in [7, 11) is 0. The summed E-state index contributed by atoms with van der Waals surface area (Å²) in [6, 6.07) is 7.68. The van der Waals surface area contributed by atoms with Gasteiger partial charge in [0.05, 0.1) is 18.7 Å². The molecular formula is C16H16N2O3. The quantitative estimate of drug-likeness (QED) is 0.811. The Balaban J connectivity index is 2.02. The molecule has 1 unspecified atom stereocenters. The third kappa shape index (κ3) is 2.59. The number of hydrogen-bond donors (Lipinski definition) is 0. The van der Waals surface area contributed by atoms with Gasteiger partial charge in [0.1, 0.15) is 17.7 Å². The van der Waals surface area contributed by atoms with Gasteiger partial charge < -0.3 is 9.47 Å². The Labute approximate surface area is 123 Å². The summed E-state index contributed by atoms with van der Waals surface area (Å²) < 4.78 is 10.9. The van der Waals surface area contributed by atoms with Gasteiger partial charge in [-0.15, -0.1) is 0 Å². The molecule has 0 amide bonds. The second kappa shape index (κ2) is 5.52. The molecule has 1 aliphatic heterocycles. The van der Waals surface area contributed by atoms with E-state index in [-0.39, 0.29) is 12.4 Å². The molecule has 0 N–H and O–H groups in total. The van der Waals surface area contributed by atoms with Crippen molar-refractivity contribution < 1.29 is 14.3 Å². The number of hydrogen-bond acceptors (Lipinski definition) is 5. The molecule has 0 radical (unpaired) electrons. The average Bonchev–Trinajstić information content (AvgIpc) is 2.47. The van der Waals surface area contributed by atoms with Crippen LogP contribution in [-0.4, -0.2) is 22.5 Å². The van der Waals surface area contributed by atoms with Crippen LogP contribution in [0.5, 0.6) is 5.75 Å². The summed E-state index contributed by atoms with van der Waals surface area (Å²) in [5, 5.41) is 0. The molecule has 108 valence electrons. The molecule has 3 rings (SSSR count). The van der Waals surface area contributed by atoms with Crippen LogP contribution in [0.4, 0.5) is 0 Å². The smallest absolute Gasteiger partial charge is 0.309 e. The molecule has 0 spiro atoms. The van der Waals surface area contributed by atoms with Gasteiger partial charge in [-0.25, -0.2) is 9.97 Å². The average molecular weight is 284 g/mol. The molecule has 1 aromatic heterocycles. The second-order valence-corrected chi connectivity index (χ2v) is 4.83. The molecule has 0 bridgehead atoms. The maximum Gasteiger partial charge on any atom is 0.309 e. The molecule has 0 saturated carbocycles. The van der Waals surface area contributed by atoms with Crippen molar-refractivity contribution in [2.75, 3.05) is 6.61 Å². The van der Waals surface area contributed by atoms with Crippen LogP contribution in [0.3, 0.4) is 0 Å². The van der Waals surface area contributed by atoms with Gasteiger partial charge in [-0.1, -0.05) is 12.1 Å². The lowest BCUT2D eigenvalue weighted by Gasteiger charge is -2.27. The van der Waals surface area contributed by atoms with Gasteiger partial charge in [-0.3, -0.25) is 4.79 Å². The summed E-state index contributed by atoms with van der Waals surface area (Å²) in [5.74, 6) is 1.14. The van der Waals surface area contributed by atoms with Crippen molar-refractivity contribution in [2.24, 2.45) is 0 Å². The lowest BCUT2D eigenvalue weighted by atomic mass is 9.97. The lowest BCUT2D eigenvalue weighted by molar-refractivity contribution is -0.145. The SMILES string of the molecule is CCOC(=O)CC1Oc2ccccc2-c2nc(C)ncc21. The number of benzene rings is 1. The standard InChI is InChI=1S/C16H16N2O3/c1-3-20-15(19)8-14-12-9-17-10(2)18-16(12)11-6-4-5-7-13(11)21-14/h4-7,9,14H,3,8H2,1-2H3. The molecule has 0 fully saturated rings. The third-order valence-corrected chi connectivity index (χ3v) is 3.35. The van der Waals surface area contributed by atoms with Crippen LogP contribution in [-0.2, 0) is 9.53 Å². The molecule has 2 aromatic rings. The van der Waals surface area contributed by atoms with Gasteiger partial charge in [0.25, 0.3) is 0 Å². The number of fused-ring (bicyclic) bond motifs is 3. The first-order valence-corrected chi connectivity index (χ1v) is 6.94. The highest BCUT2D eigenvalue weighted by molar-refractivity contribution is 5.75. The zero-order chi connectivity index (χ0) is 14.8. The van der Waals surface area contributed by atoms with Crippen molar-refractivity contribution in [3.8, 4) is 17.0 Å². The van der Waals surface area contributed by atoms with Crippen LogP contribution >= 0.6 is 0 Å². The maximum atomic E-state index is 11.8. The number of nitrogens with zero attached hydrogens (tertiary/aromatic N) is 2. The summed E-state index contributed by atoms with van der Waals surface area (Å²) in [4.78, 5) is 20.5. The van der Waals surface area contributed by atoms with Crippen LogP contribution in [0.2, 0.25) is 0 Å². The lowest BCUT2D eigenvalue weighted by Crippen LogP contribution is -2.20. The van der Waals surface area contributed by atoms with Gasteiger partial charge >= 0.3 is 5.97 Å². The van der Waals surface area contributed by atoms with Gasteiger partial charge in [-0.05, 0) is 26.0 Å². The fourth-order valence-corrected chi connectivity index (χ4v) is 2.44. The number of carbonyl (C=O) groups excluding carboxylic acids is 1. The van der Waals surface area contributed by atoms with Crippen molar-refractivity contribution in [2.45, 2.75) is 26.4 Å². The monoisotopic (exact) mass is 284 g/mol. The van der Waals surface area contributed by atoms with E-state index < -0.39 is 6.10 Å². The van der Waals surface area contributed by atoms with Gasteiger partial charge in [-0.2, -0.15) is 0 Å². The number of esters is 1. The zero-order valence-corrected chi connectivity index (χ0v) is 12.0. The Bertz CT molecular complexity index is 685. The van der Waals surface area contributed by atoms with Crippen molar-refractivity contribution in [1.29, 1.82) is 0 Å². The minimum atomic E-state index is -0.408.